The molecule has 0 amide bonds. The van der Waals surface area contributed by atoms with Gasteiger partial charge < -0.3 is 9.47 Å². The standard InChI is InChI=1S/C18H18BrNO3/c19-16-9-13(10-20-11-16)1-6-18(21)23-17-4-2-14(3-5-17)15-7-8-22-12-15/h2-5,9-11,15H,1,6-8,12H2. The van der Waals surface area contributed by atoms with E-state index in [-0.39, 0.29) is 5.97 Å². The third kappa shape index (κ3) is 4.62. The van der Waals surface area contributed by atoms with Crippen LogP contribution in [0.15, 0.2) is 47.2 Å². The Kier molecular flexibility index (Phi) is 5.41. The molecule has 3 rings (SSSR count). The van der Waals surface area contributed by atoms with Gasteiger partial charge in [-0.2, -0.15) is 0 Å². The first-order valence-corrected chi connectivity index (χ1v) is 8.48. The number of aromatic nitrogens is 1. The molecule has 0 radical (unpaired) electrons. The molecule has 5 heteroatoms. The van der Waals surface area contributed by atoms with Crippen molar-refractivity contribution in [2.45, 2.75) is 25.2 Å². The van der Waals surface area contributed by atoms with E-state index in [1.807, 2.05) is 30.3 Å². The molecule has 1 fully saturated rings. The van der Waals surface area contributed by atoms with Gasteiger partial charge in [0.05, 0.1) is 13.0 Å². The van der Waals surface area contributed by atoms with Gasteiger partial charge in [-0.1, -0.05) is 12.1 Å². The molecule has 1 aromatic carbocycles. The summed E-state index contributed by atoms with van der Waals surface area (Å²) in [6.45, 7) is 1.60. The van der Waals surface area contributed by atoms with Crippen LogP contribution in [-0.2, 0) is 16.0 Å². The van der Waals surface area contributed by atoms with Gasteiger partial charge in [0.15, 0.2) is 0 Å². The molecule has 0 aliphatic carbocycles. The van der Waals surface area contributed by atoms with E-state index in [2.05, 4.69) is 20.9 Å². The van der Waals surface area contributed by atoms with E-state index in [0.717, 1.165) is 29.7 Å². The molecular formula is C18H18BrNO3. The minimum Gasteiger partial charge on any atom is -0.427 e. The smallest absolute Gasteiger partial charge is 0.311 e. The molecule has 2 aromatic rings. The minimum absolute atomic E-state index is 0.234. The number of nitrogens with zero attached hydrogens (tertiary/aromatic N) is 1. The highest BCUT2D eigenvalue weighted by atomic mass is 79.9. The third-order valence-electron chi connectivity index (χ3n) is 3.89. The third-order valence-corrected chi connectivity index (χ3v) is 4.33. The Morgan fingerprint density at radius 2 is 2.13 bits per heavy atom. The van der Waals surface area contributed by atoms with Gasteiger partial charge in [-0.3, -0.25) is 9.78 Å². The van der Waals surface area contributed by atoms with Gasteiger partial charge in [-0.05, 0) is 58.1 Å². The van der Waals surface area contributed by atoms with E-state index < -0.39 is 0 Å². The second-order valence-corrected chi connectivity index (χ2v) is 6.53. The van der Waals surface area contributed by atoms with Gasteiger partial charge in [0.1, 0.15) is 5.75 Å². The summed E-state index contributed by atoms with van der Waals surface area (Å²) in [7, 11) is 0. The van der Waals surface area contributed by atoms with Gasteiger partial charge >= 0.3 is 5.97 Å². The Balaban J connectivity index is 1.51. The van der Waals surface area contributed by atoms with Gasteiger partial charge in [0.25, 0.3) is 0 Å². The van der Waals surface area contributed by atoms with E-state index in [1.165, 1.54) is 5.56 Å². The van der Waals surface area contributed by atoms with Crippen molar-refractivity contribution < 1.29 is 14.3 Å². The quantitative estimate of drug-likeness (QED) is 0.587. The van der Waals surface area contributed by atoms with Gasteiger partial charge in [0.2, 0.25) is 0 Å². The lowest BCUT2D eigenvalue weighted by atomic mass is 9.99. The first kappa shape index (κ1) is 16.1. The summed E-state index contributed by atoms with van der Waals surface area (Å²) in [5, 5.41) is 0. The molecule has 1 atom stereocenters. The molecule has 0 bridgehead atoms. The van der Waals surface area contributed by atoms with E-state index >= 15 is 0 Å². The van der Waals surface area contributed by atoms with E-state index in [9.17, 15) is 4.79 Å². The molecule has 1 unspecified atom stereocenters. The molecular weight excluding hydrogens is 358 g/mol. The average molecular weight is 376 g/mol. The zero-order valence-corrected chi connectivity index (χ0v) is 14.3. The average Bonchev–Trinajstić information content (AvgIpc) is 3.08. The molecule has 1 aliphatic heterocycles. The zero-order valence-electron chi connectivity index (χ0n) is 12.7. The van der Waals surface area contributed by atoms with Crippen LogP contribution in [-0.4, -0.2) is 24.2 Å². The second-order valence-electron chi connectivity index (χ2n) is 5.62. The van der Waals surface area contributed by atoms with E-state index in [4.69, 9.17) is 9.47 Å². The van der Waals surface area contributed by atoms with Crippen LogP contribution >= 0.6 is 15.9 Å². The van der Waals surface area contributed by atoms with Crippen molar-refractivity contribution >= 4 is 21.9 Å². The van der Waals surface area contributed by atoms with Crippen LogP contribution < -0.4 is 4.74 Å². The number of ether oxygens (including phenoxy) is 2. The zero-order chi connectivity index (χ0) is 16.1. The number of halogens is 1. The number of pyridine rings is 1. The van der Waals surface area contributed by atoms with Gasteiger partial charge in [-0.15, -0.1) is 0 Å². The fraction of sp³-hybridized carbons (Fsp3) is 0.333. The molecule has 120 valence electrons. The highest BCUT2D eigenvalue weighted by Gasteiger charge is 2.17. The fourth-order valence-electron chi connectivity index (χ4n) is 2.63. The van der Waals surface area contributed by atoms with Crippen LogP contribution in [0.25, 0.3) is 0 Å². The topological polar surface area (TPSA) is 48.4 Å². The van der Waals surface area contributed by atoms with E-state index in [1.54, 1.807) is 12.4 Å². The maximum absolute atomic E-state index is 11.9. The van der Waals surface area contributed by atoms with Crippen LogP contribution in [0.4, 0.5) is 0 Å². The summed E-state index contributed by atoms with van der Waals surface area (Å²) in [5.41, 5.74) is 2.25. The molecule has 1 aromatic heterocycles. The maximum Gasteiger partial charge on any atom is 0.311 e. The number of esters is 1. The molecule has 2 heterocycles. The highest BCUT2D eigenvalue weighted by molar-refractivity contribution is 9.10. The Labute approximate surface area is 144 Å². The van der Waals surface area contributed by atoms with Crippen LogP contribution in [0.3, 0.4) is 0 Å². The predicted octanol–water partition coefficient (Wildman–Crippen LogP) is 3.89. The fourth-order valence-corrected chi connectivity index (χ4v) is 3.04. The number of hydrogen-bond acceptors (Lipinski definition) is 4. The summed E-state index contributed by atoms with van der Waals surface area (Å²) in [4.78, 5) is 16.0. The van der Waals surface area contributed by atoms with Crippen molar-refractivity contribution in [2.75, 3.05) is 13.2 Å². The summed E-state index contributed by atoms with van der Waals surface area (Å²) in [5.74, 6) is 0.815. The number of rotatable bonds is 5. The molecule has 0 saturated carbocycles. The summed E-state index contributed by atoms with van der Waals surface area (Å²) >= 11 is 3.37. The Hall–Kier alpha value is -1.72. The normalized spacial score (nSPS) is 17.2. The molecule has 23 heavy (non-hydrogen) atoms. The number of hydrogen-bond donors (Lipinski definition) is 0. The lowest BCUT2D eigenvalue weighted by molar-refractivity contribution is -0.134. The Bertz CT molecular complexity index is 666. The number of aryl methyl sites for hydroxylation is 1. The van der Waals surface area contributed by atoms with Crippen molar-refractivity contribution in [2.24, 2.45) is 0 Å². The molecule has 0 spiro atoms. The first-order chi connectivity index (χ1) is 11.2. The van der Waals surface area contributed by atoms with Crippen LogP contribution in [0, 0.1) is 0 Å². The molecule has 4 nitrogen and oxygen atoms in total. The van der Waals surface area contributed by atoms with Crippen molar-refractivity contribution in [3.05, 3.63) is 58.3 Å². The number of carbonyl (C=O) groups excluding carboxylic acids is 1. The Morgan fingerprint density at radius 3 is 2.83 bits per heavy atom. The lowest BCUT2D eigenvalue weighted by Crippen LogP contribution is -2.09. The summed E-state index contributed by atoms with van der Waals surface area (Å²) in [6, 6.07) is 9.69. The first-order valence-electron chi connectivity index (χ1n) is 7.68. The minimum atomic E-state index is -0.234. The van der Waals surface area contributed by atoms with Crippen molar-refractivity contribution in [1.29, 1.82) is 0 Å². The second kappa shape index (κ2) is 7.70. The van der Waals surface area contributed by atoms with Crippen molar-refractivity contribution in [1.82, 2.24) is 4.98 Å². The number of benzene rings is 1. The van der Waals surface area contributed by atoms with E-state index in [0.29, 0.717) is 24.5 Å². The molecule has 0 N–H and O–H groups in total. The summed E-state index contributed by atoms with van der Waals surface area (Å²) < 4.78 is 11.7. The maximum atomic E-state index is 11.9. The van der Waals surface area contributed by atoms with Gasteiger partial charge in [0, 0.05) is 29.4 Å². The summed E-state index contributed by atoms with van der Waals surface area (Å²) in [6.07, 6.45) is 5.48. The monoisotopic (exact) mass is 375 g/mol. The van der Waals surface area contributed by atoms with Crippen LogP contribution in [0.1, 0.15) is 29.9 Å². The predicted molar refractivity (Wildman–Crippen MR) is 90.5 cm³/mol. The van der Waals surface area contributed by atoms with Crippen LogP contribution in [0.2, 0.25) is 0 Å². The molecule has 1 aliphatic rings. The lowest BCUT2D eigenvalue weighted by Gasteiger charge is -2.09. The van der Waals surface area contributed by atoms with Crippen molar-refractivity contribution in [3.8, 4) is 5.75 Å². The molecule has 1 saturated heterocycles. The van der Waals surface area contributed by atoms with Crippen LogP contribution in [0.5, 0.6) is 5.75 Å². The number of carbonyl (C=O) groups is 1. The Morgan fingerprint density at radius 1 is 1.30 bits per heavy atom. The highest BCUT2D eigenvalue weighted by Crippen LogP contribution is 2.26. The van der Waals surface area contributed by atoms with Gasteiger partial charge in [-0.25, -0.2) is 0 Å². The largest absolute Gasteiger partial charge is 0.427 e. The SMILES string of the molecule is O=C(CCc1cncc(Br)c1)Oc1ccc(C2CCOC2)cc1. The van der Waals surface area contributed by atoms with Crippen molar-refractivity contribution in [3.63, 3.8) is 0 Å².